The van der Waals surface area contributed by atoms with Crippen molar-refractivity contribution in [2.75, 3.05) is 7.11 Å². The molecule has 0 amide bonds. The quantitative estimate of drug-likeness (QED) is 0.410. The minimum atomic E-state index is -1.89. The van der Waals surface area contributed by atoms with Gasteiger partial charge >= 0.3 is 0 Å². The molecule has 1 N–H and O–H groups in total. The molecule has 0 bridgehead atoms. The van der Waals surface area contributed by atoms with Crippen LogP contribution in [0.2, 0.25) is 18.1 Å². The average molecular weight is 367 g/mol. The Morgan fingerprint density at radius 1 is 1.08 bits per heavy atom. The number of unbranched alkanes of at least 4 members (excludes halogenated alkanes) is 2. The molecule has 0 aliphatic rings. The van der Waals surface area contributed by atoms with Crippen LogP contribution in [0, 0.1) is 0 Å². The Balaban J connectivity index is 2.72. The van der Waals surface area contributed by atoms with E-state index in [0.29, 0.717) is 0 Å². The van der Waals surface area contributed by atoms with Crippen molar-refractivity contribution in [3.63, 3.8) is 0 Å². The van der Waals surface area contributed by atoms with Crippen LogP contribution in [0.3, 0.4) is 0 Å². The molecule has 0 aliphatic heterocycles. The SMILES string of the molecule is CCCCCC(O)CCc1ccc(O[Si](C)(C)C(C)(C)C)c(OC)c1. The van der Waals surface area contributed by atoms with Crippen molar-refractivity contribution < 1.29 is 14.3 Å². The van der Waals surface area contributed by atoms with Gasteiger partial charge in [-0.25, -0.2) is 0 Å². The highest BCUT2D eigenvalue weighted by molar-refractivity contribution is 6.74. The lowest BCUT2D eigenvalue weighted by molar-refractivity contribution is 0.151. The van der Waals surface area contributed by atoms with Crippen molar-refractivity contribution >= 4 is 8.32 Å². The second-order valence-electron chi connectivity index (χ2n) is 8.54. The third-order valence-corrected chi connectivity index (χ3v) is 9.65. The van der Waals surface area contributed by atoms with E-state index < -0.39 is 8.32 Å². The van der Waals surface area contributed by atoms with E-state index in [-0.39, 0.29) is 11.1 Å². The van der Waals surface area contributed by atoms with Gasteiger partial charge in [0.05, 0.1) is 13.2 Å². The highest BCUT2D eigenvalue weighted by Crippen LogP contribution is 2.40. The van der Waals surface area contributed by atoms with Crippen molar-refractivity contribution in [2.24, 2.45) is 0 Å². The van der Waals surface area contributed by atoms with E-state index in [2.05, 4.69) is 52.9 Å². The first kappa shape index (κ1) is 22.0. The Kier molecular flexibility index (Phi) is 8.49. The van der Waals surface area contributed by atoms with Crippen LogP contribution in [0.4, 0.5) is 0 Å². The van der Waals surface area contributed by atoms with Gasteiger partial charge in [-0.15, -0.1) is 0 Å². The smallest absolute Gasteiger partial charge is 0.250 e. The largest absolute Gasteiger partial charge is 0.541 e. The number of hydrogen-bond donors (Lipinski definition) is 1. The lowest BCUT2D eigenvalue weighted by Gasteiger charge is -2.36. The maximum atomic E-state index is 10.1. The third-order valence-electron chi connectivity index (χ3n) is 5.31. The molecule has 144 valence electrons. The minimum absolute atomic E-state index is 0.152. The lowest BCUT2D eigenvalue weighted by Crippen LogP contribution is -2.43. The number of methoxy groups -OCH3 is 1. The van der Waals surface area contributed by atoms with Gasteiger partial charge < -0.3 is 14.3 Å². The maximum Gasteiger partial charge on any atom is 0.250 e. The van der Waals surface area contributed by atoms with Gasteiger partial charge in [0.1, 0.15) is 5.75 Å². The average Bonchev–Trinajstić information content (AvgIpc) is 2.52. The highest BCUT2D eigenvalue weighted by Gasteiger charge is 2.39. The predicted octanol–water partition coefficient (Wildman–Crippen LogP) is 5.95. The van der Waals surface area contributed by atoms with Gasteiger partial charge in [0.15, 0.2) is 5.75 Å². The molecular weight excluding hydrogens is 328 g/mol. The maximum absolute atomic E-state index is 10.1. The number of hydrogen-bond acceptors (Lipinski definition) is 3. The molecule has 0 saturated heterocycles. The number of benzene rings is 1. The third kappa shape index (κ3) is 7.02. The molecule has 1 rings (SSSR count). The molecule has 25 heavy (non-hydrogen) atoms. The van der Waals surface area contributed by atoms with Crippen LogP contribution in [0.25, 0.3) is 0 Å². The molecule has 1 unspecified atom stereocenters. The number of aliphatic hydroxyl groups excluding tert-OH is 1. The van der Waals surface area contributed by atoms with Gasteiger partial charge in [-0.2, -0.15) is 0 Å². The zero-order chi connectivity index (χ0) is 19.1. The van der Waals surface area contributed by atoms with Crippen LogP contribution in [0.1, 0.15) is 65.4 Å². The zero-order valence-electron chi connectivity index (χ0n) is 17.3. The molecule has 1 aromatic carbocycles. The Bertz CT molecular complexity index is 520. The van der Waals surface area contributed by atoms with E-state index in [1.165, 1.54) is 18.4 Å². The summed E-state index contributed by atoms with van der Waals surface area (Å²) < 4.78 is 12.0. The Morgan fingerprint density at radius 2 is 1.76 bits per heavy atom. The van der Waals surface area contributed by atoms with Gasteiger partial charge in [-0.05, 0) is 55.1 Å². The van der Waals surface area contributed by atoms with Crippen LogP contribution in [0.5, 0.6) is 11.5 Å². The van der Waals surface area contributed by atoms with Crippen molar-refractivity contribution in [3.05, 3.63) is 23.8 Å². The van der Waals surface area contributed by atoms with E-state index in [0.717, 1.165) is 37.2 Å². The van der Waals surface area contributed by atoms with Gasteiger partial charge in [0, 0.05) is 0 Å². The molecule has 0 radical (unpaired) electrons. The fraction of sp³-hybridized carbons (Fsp3) is 0.714. The molecule has 0 spiro atoms. The van der Waals surface area contributed by atoms with Gasteiger partial charge in [-0.3, -0.25) is 0 Å². The van der Waals surface area contributed by atoms with E-state index in [1.807, 2.05) is 6.07 Å². The van der Waals surface area contributed by atoms with E-state index in [1.54, 1.807) is 7.11 Å². The molecular formula is C21H38O3Si. The monoisotopic (exact) mass is 366 g/mol. The molecule has 0 aliphatic carbocycles. The van der Waals surface area contributed by atoms with Gasteiger partial charge in [0.25, 0.3) is 8.32 Å². The Labute approximate surface area is 155 Å². The molecule has 4 heteroatoms. The summed E-state index contributed by atoms with van der Waals surface area (Å²) in [5.41, 5.74) is 1.19. The van der Waals surface area contributed by atoms with Crippen molar-refractivity contribution in [3.8, 4) is 11.5 Å². The highest BCUT2D eigenvalue weighted by atomic mass is 28.4. The van der Waals surface area contributed by atoms with Crippen LogP contribution in [-0.2, 0) is 6.42 Å². The van der Waals surface area contributed by atoms with Gasteiger partial charge in [-0.1, -0.05) is 53.0 Å². The fourth-order valence-electron chi connectivity index (χ4n) is 2.49. The lowest BCUT2D eigenvalue weighted by atomic mass is 10.0. The van der Waals surface area contributed by atoms with Crippen LogP contribution < -0.4 is 9.16 Å². The second-order valence-corrected chi connectivity index (χ2v) is 13.3. The van der Waals surface area contributed by atoms with E-state index in [9.17, 15) is 5.11 Å². The molecule has 1 aromatic rings. The summed E-state index contributed by atoms with van der Waals surface area (Å²) in [6.45, 7) is 13.4. The number of aryl methyl sites for hydroxylation is 1. The summed E-state index contributed by atoms with van der Waals surface area (Å²) in [5.74, 6) is 1.63. The number of ether oxygens (including phenoxy) is 1. The summed E-state index contributed by atoms with van der Waals surface area (Å²) in [4.78, 5) is 0. The fourth-order valence-corrected chi connectivity index (χ4v) is 3.51. The first-order valence-electron chi connectivity index (χ1n) is 9.64. The van der Waals surface area contributed by atoms with Gasteiger partial charge in [0.2, 0.25) is 0 Å². The molecule has 0 heterocycles. The summed E-state index contributed by atoms with van der Waals surface area (Å²) in [7, 11) is -0.194. The van der Waals surface area contributed by atoms with Crippen molar-refractivity contribution in [1.29, 1.82) is 0 Å². The molecule has 0 saturated carbocycles. The first-order valence-corrected chi connectivity index (χ1v) is 12.6. The van der Waals surface area contributed by atoms with E-state index >= 15 is 0 Å². The van der Waals surface area contributed by atoms with Crippen LogP contribution in [0.15, 0.2) is 18.2 Å². The minimum Gasteiger partial charge on any atom is -0.541 e. The van der Waals surface area contributed by atoms with Crippen molar-refractivity contribution in [1.82, 2.24) is 0 Å². The summed E-state index contributed by atoms with van der Waals surface area (Å²) in [5, 5.41) is 10.3. The Hall–Kier alpha value is -1.00. The molecule has 1 atom stereocenters. The van der Waals surface area contributed by atoms with Crippen molar-refractivity contribution in [2.45, 2.75) is 90.5 Å². The normalized spacial score (nSPS) is 13.6. The standard InChI is InChI=1S/C21H38O3Si/c1-8-9-10-11-18(22)14-12-17-13-15-19(20(16-17)23-5)24-25(6,7)21(2,3)4/h13,15-16,18,22H,8-12,14H2,1-7H3. The Morgan fingerprint density at radius 3 is 2.32 bits per heavy atom. The van der Waals surface area contributed by atoms with Crippen LogP contribution in [-0.4, -0.2) is 26.6 Å². The van der Waals surface area contributed by atoms with Crippen LogP contribution >= 0.6 is 0 Å². The summed E-state index contributed by atoms with van der Waals surface area (Å²) in [6.07, 6.45) is 5.86. The number of rotatable bonds is 10. The number of aliphatic hydroxyl groups is 1. The topological polar surface area (TPSA) is 38.7 Å². The van der Waals surface area contributed by atoms with E-state index in [4.69, 9.17) is 9.16 Å². The summed E-state index contributed by atoms with van der Waals surface area (Å²) in [6, 6.07) is 6.18. The molecule has 0 aromatic heterocycles. The summed E-state index contributed by atoms with van der Waals surface area (Å²) >= 11 is 0. The second kappa shape index (κ2) is 9.63. The molecule has 3 nitrogen and oxygen atoms in total. The zero-order valence-corrected chi connectivity index (χ0v) is 18.3. The predicted molar refractivity (Wildman–Crippen MR) is 109 cm³/mol. The molecule has 0 fully saturated rings. The first-order chi connectivity index (χ1) is 11.6.